The summed E-state index contributed by atoms with van der Waals surface area (Å²) in [7, 11) is 0. The van der Waals surface area contributed by atoms with Gasteiger partial charge in [-0.1, -0.05) is 29.1 Å². The third-order valence-electron chi connectivity index (χ3n) is 7.34. The number of hydrogen-bond acceptors (Lipinski definition) is 9. The number of carbonyl (C=O) groups is 1. The summed E-state index contributed by atoms with van der Waals surface area (Å²) in [6.45, 7) is 4.74. The minimum atomic E-state index is -4.55. The maximum atomic E-state index is 13.6. The van der Waals surface area contributed by atoms with Crippen LogP contribution in [0, 0.1) is 24.7 Å². The van der Waals surface area contributed by atoms with Crippen LogP contribution in [0.15, 0.2) is 39.9 Å². The molecule has 1 aliphatic heterocycles. The zero-order valence-corrected chi connectivity index (χ0v) is 22.3. The Morgan fingerprint density at radius 2 is 2.05 bits per heavy atom. The molecule has 2 aliphatic rings. The summed E-state index contributed by atoms with van der Waals surface area (Å²) in [5.41, 5.74) is 1.24. The Balaban J connectivity index is 1.42. The Kier molecular flexibility index (Phi) is 8.06. The summed E-state index contributed by atoms with van der Waals surface area (Å²) < 4.78 is 77.4. The fourth-order valence-electron chi connectivity index (χ4n) is 5.02. The third-order valence-corrected chi connectivity index (χ3v) is 7.34. The van der Waals surface area contributed by atoms with Crippen LogP contribution in [0.25, 0.3) is 11.1 Å². The Morgan fingerprint density at radius 1 is 1.31 bits per heavy atom. The molecule has 2 fully saturated rings. The van der Waals surface area contributed by atoms with Crippen molar-refractivity contribution in [2.24, 2.45) is 5.92 Å². The Bertz CT molecular complexity index is 1520. The zero-order chi connectivity index (χ0) is 30.2. The lowest BCUT2D eigenvalue weighted by atomic mass is 9.87. The van der Waals surface area contributed by atoms with Crippen molar-refractivity contribution in [3.8, 4) is 11.8 Å². The number of aliphatic hydroxyl groups is 1. The van der Waals surface area contributed by atoms with Crippen LogP contribution in [0.5, 0.6) is 0 Å². The fourth-order valence-corrected chi connectivity index (χ4v) is 5.02. The number of rotatable bonds is 6. The molecule has 0 bridgehead atoms. The summed E-state index contributed by atoms with van der Waals surface area (Å²) in [4.78, 5) is 18.6. The van der Waals surface area contributed by atoms with E-state index in [0.29, 0.717) is 16.7 Å². The number of oxazole rings is 1. The maximum absolute atomic E-state index is 13.6. The molecule has 1 unspecified atom stereocenters. The second-order valence-corrected chi connectivity index (χ2v) is 10.3. The van der Waals surface area contributed by atoms with Crippen molar-refractivity contribution < 1.29 is 40.9 Å². The molecule has 15 heteroatoms. The minimum Gasteiger partial charge on any atom is -0.437 e. The van der Waals surface area contributed by atoms with E-state index in [4.69, 9.17) is 4.42 Å². The van der Waals surface area contributed by atoms with Gasteiger partial charge >= 0.3 is 6.18 Å². The molecule has 3 heterocycles. The molecule has 4 atom stereocenters. The molecule has 0 spiro atoms. The van der Waals surface area contributed by atoms with E-state index in [2.05, 4.69) is 49.0 Å². The number of amides is 1. The van der Waals surface area contributed by atoms with Gasteiger partial charge in [0.15, 0.2) is 23.7 Å². The molecule has 42 heavy (non-hydrogen) atoms. The molecule has 224 valence electrons. The highest BCUT2D eigenvalue weighted by atomic mass is 19.4. The number of nitrogens with one attached hydrogen (secondary N) is 2. The van der Waals surface area contributed by atoms with Gasteiger partial charge in [-0.15, -0.1) is 6.58 Å². The summed E-state index contributed by atoms with van der Waals surface area (Å²) in [5.74, 6) is 2.13. The smallest absolute Gasteiger partial charge is 0.405 e. The van der Waals surface area contributed by atoms with E-state index in [1.807, 2.05) is 0 Å². The van der Waals surface area contributed by atoms with Crippen LogP contribution in [-0.4, -0.2) is 62.2 Å². The zero-order valence-electron chi connectivity index (χ0n) is 22.3. The standard InChI is InChI=1S/C27H27F5N6O4/c1-3-19(38-13-21(27(30,31)32)35-25(38)40)16-5-7-20-18(12-16)34-24(41-20)17(33-23(39)22-14(2)36-42-37-22)6-4-15-8-10-26(28,29)11-9-15/h3,5,7,12,15,17,19,21,25,35,40H,1,8-11,13H2,2H3,(H,33,39)/t17-,19+,21-,25?/m0/s1. The van der Waals surface area contributed by atoms with Crippen LogP contribution >= 0.6 is 0 Å². The highest BCUT2D eigenvalue weighted by Crippen LogP contribution is 2.36. The van der Waals surface area contributed by atoms with Gasteiger partial charge in [-0.3, -0.25) is 15.0 Å². The lowest BCUT2D eigenvalue weighted by molar-refractivity contribution is -0.152. The molecule has 1 aromatic carbocycles. The molecule has 3 aromatic rings. The number of hydrogen-bond donors (Lipinski definition) is 3. The van der Waals surface area contributed by atoms with Gasteiger partial charge in [0.1, 0.15) is 17.3 Å². The lowest BCUT2D eigenvalue weighted by Gasteiger charge is -2.27. The number of aliphatic hydroxyl groups excluding tert-OH is 1. The predicted molar refractivity (Wildman–Crippen MR) is 137 cm³/mol. The average molecular weight is 595 g/mol. The molecule has 0 radical (unpaired) electrons. The largest absolute Gasteiger partial charge is 0.437 e. The first-order valence-corrected chi connectivity index (χ1v) is 13.1. The number of benzene rings is 1. The topological polar surface area (TPSA) is 130 Å². The maximum Gasteiger partial charge on any atom is 0.405 e. The van der Waals surface area contributed by atoms with E-state index in [-0.39, 0.29) is 48.9 Å². The van der Waals surface area contributed by atoms with E-state index in [9.17, 15) is 31.9 Å². The van der Waals surface area contributed by atoms with Crippen molar-refractivity contribution in [1.82, 2.24) is 30.8 Å². The van der Waals surface area contributed by atoms with E-state index in [1.165, 1.54) is 17.9 Å². The Hall–Kier alpha value is -3.87. The number of halogens is 5. The van der Waals surface area contributed by atoms with Crippen molar-refractivity contribution in [3.63, 3.8) is 0 Å². The SMILES string of the molecule is C=C[C@H](c1ccc2oc([C@H](C#CC3CCC(F)(F)CC3)NC(=O)c3nonc3C)nc2c1)N1C[C@@H](C(F)(F)F)NC1O. The van der Waals surface area contributed by atoms with E-state index in [0.717, 1.165) is 0 Å². The molecule has 1 aliphatic carbocycles. The van der Waals surface area contributed by atoms with Crippen molar-refractivity contribution in [2.45, 2.75) is 69.2 Å². The highest BCUT2D eigenvalue weighted by molar-refractivity contribution is 5.93. The average Bonchev–Trinajstić information content (AvgIpc) is 3.65. The van der Waals surface area contributed by atoms with Crippen molar-refractivity contribution in [3.05, 3.63) is 53.7 Å². The monoisotopic (exact) mass is 594 g/mol. The molecule has 3 N–H and O–H groups in total. The molecule has 10 nitrogen and oxygen atoms in total. The normalized spacial score (nSPS) is 22.8. The number of aromatic nitrogens is 3. The van der Waals surface area contributed by atoms with Crippen molar-refractivity contribution in [2.75, 3.05) is 6.54 Å². The Morgan fingerprint density at radius 3 is 2.67 bits per heavy atom. The molecule has 1 saturated carbocycles. The van der Waals surface area contributed by atoms with E-state index < -0.39 is 49.0 Å². The van der Waals surface area contributed by atoms with Gasteiger partial charge < -0.3 is 14.8 Å². The number of aryl methyl sites for hydroxylation is 1. The van der Waals surface area contributed by atoms with Gasteiger partial charge in [0.25, 0.3) is 5.91 Å². The van der Waals surface area contributed by atoms with E-state index >= 15 is 0 Å². The van der Waals surface area contributed by atoms with Gasteiger partial charge in [0, 0.05) is 25.3 Å². The molecule has 1 saturated heterocycles. The first-order chi connectivity index (χ1) is 19.8. The first-order valence-electron chi connectivity index (χ1n) is 13.1. The van der Waals surface area contributed by atoms with Gasteiger partial charge in [0.05, 0.1) is 6.04 Å². The number of carbonyl (C=O) groups excluding carboxylic acids is 1. The molecule has 1 amide bonds. The molecular weight excluding hydrogens is 567 g/mol. The number of alkyl halides is 5. The highest BCUT2D eigenvalue weighted by Gasteiger charge is 2.48. The summed E-state index contributed by atoms with van der Waals surface area (Å²) in [6, 6.07) is 0.910. The quantitative estimate of drug-likeness (QED) is 0.219. The first kappa shape index (κ1) is 29.6. The summed E-state index contributed by atoms with van der Waals surface area (Å²) in [6.07, 6.45) is -4.89. The van der Waals surface area contributed by atoms with Crippen molar-refractivity contribution in [1.29, 1.82) is 0 Å². The van der Waals surface area contributed by atoms with Crippen LogP contribution in [0.1, 0.15) is 65.4 Å². The third kappa shape index (κ3) is 6.30. The number of fused-ring (bicyclic) bond motifs is 1. The predicted octanol–water partition coefficient (Wildman–Crippen LogP) is 4.16. The van der Waals surface area contributed by atoms with Crippen LogP contribution in [0.2, 0.25) is 0 Å². The van der Waals surface area contributed by atoms with Gasteiger partial charge in [-0.2, -0.15) is 13.2 Å². The second kappa shape index (κ2) is 11.4. The van der Waals surface area contributed by atoms with Gasteiger partial charge in [-0.25, -0.2) is 18.4 Å². The van der Waals surface area contributed by atoms with Crippen LogP contribution in [-0.2, 0) is 0 Å². The molecular formula is C27H27F5N6O4. The Labute approximate surface area is 236 Å². The molecule has 5 rings (SSSR count). The van der Waals surface area contributed by atoms with Gasteiger partial charge in [-0.05, 0) is 42.6 Å². The molecule has 2 aromatic heterocycles. The lowest BCUT2D eigenvalue weighted by Crippen LogP contribution is -2.42. The fraction of sp³-hybridized carbons (Fsp3) is 0.481. The van der Waals surface area contributed by atoms with Crippen LogP contribution < -0.4 is 10.6 Å². The van der Waals surface area contributed by atoms with Gasteiger partial charge in [0.2, 0.25) is 11.8 Å². The summed E-state index contributed by atoms with van der Waals surface area (Å²) >= 11 is 0. The van der Waals surface area contributed by atoms with Crippen LogP contribution in [0.4, 0.5) is 22.0 Å². The summed E-state index contributed by atoms with van der Waals surface area (Å²) in [5, 5.41) is 22.2. The van der Waals surface area contributed by atoms with Crippen LogP contribution in [0.3, 0.4) is 0 Å². The van der Waals surface area contributed by atoms with E-state index in [1.54, 1.807) is 18.2 Å². The second-order valence-electron chi connectivity index (χ2n) is 10.3. The van der Waals surface area contributed by atoms with Crippen molar-refractivity contribution >= 4 is 17.0 Å². The number of nitrogens with zero attached hydrogens (tertiary/aromatic N) is 4. The minimum absolute atomic E-state index is 0.00610.